The number of hydrogen-bond donors (Lipinski definition) is 0. The molecule has 1 saturated heterocycles. The number of aryl methyl sites for hydroxylation is 3. The van der Waals surface area contributed by atoms with E-state index in [1.807, 2.05) is 6.92 Å². The minimum Gasteiger partial charge on any atom is -0.339 e. The first-order chi connectivity index (χ1) is 9.65. The van der Waals surface area contributed by atoms with Crippen LogP contribution in [0.4, 0.5) is 0 Å². The molecule has 2 aromatic heterocycles. The van der Waals surface area contributed by atoms with Crippen molar-refractivity contribution in [1.82, 2.24) is 24.8 Å². The Hall–Kier alpha value is -1.69. The van der Waals surface area contributed by atoms with E-state index in [1.165, 1.54) is 5.69 Å². The molecule has 0 N–H and O–H groups in total. The highest BCUT2D eigenvalue weighted by molar-refractivity contribution is 5.09. The molecule has 20 heavy (non-hydrogen) atoms. The van der Waals surface area contributed by atoms with Crippen molar-refractivity contribution >= 4 is 0 Å². The standard InChI is InChI=1S/C14H21N5O/c1-4-5-14-15-13(17-20-14)9-18-7-12(8-18)19-11(3)6-10(2)16-19/h6,12H,4-5,7-9H2,1-3H3. The molecule has 6 nitrogen and oxygen atoms in total. The highest BCUT2D eigenvalue weighted by Crippen LogP contribution is 2.23. The highest BCUT2D eigenvalue weighted by atomic mass is 16.5. The van der Waals surface area contributed by atoms with Crippen molar-refractivity contribution in [2.45, 2.75) is 46.2 Å². The molecule has 0 unspecified atom stereocenters. The van der Waals surface area contributed by atoms with Gasteiger partial charge in [-0.1, -0.05) is 12.1 Å². The lowest BCUT2D eigenvalue weighted by molar-refractivity contribution is 0.0857. The highest BCUT2D eigenvalue weighted by Gasteiger charge is 2.30. The van der Waals surface area contributed by atoms with Crippen molar-refractivity contribution in [1.29, 1.82) is 0 Å². The van der Waals surface area contributed by atoms with E-state index in [0.29, 0.717) is 6.04 Å². The van der Waals surface area contributed by atoms with E-state index in [0.717, 1.165) is 49.9 Å². The fourth-order valence-corrected chi connectivity index (χ4v) is 2.71. The SMILES string of the molecule is CCCc1nc(CN2CC(n3nc(C)cc3C)C2)no1. The monoisotopic (exact) mass is 275 g/mol. The predicted octanol–water partition coefficient (Wildman–Crippen LogP) is 1.89. The molecule has 0 atom stereocenters. The lowest BCUT2D eigenvalue weighted by atomic mass is 10.1. The summed E-state index contributed by atoms with van der Waals surface area (Å²) >= 11 is 0. The van der Waals surface area contributed by atoms with E-state index in [-0.39, 0.29) is 0 Å². The molecule has 0 radical (unpaired) electrons. The Balaban J connectivity index is 1.54. The van der Waals surface area contributed by atoms with Crippen molar-refractivity contribution in [2.24, 2.45) is 0 Å². The van der Waals surface area contributed by atoms with Crippen LogP contribution in [-0.2, 0) is 13.0 Å². The first-order valence-corrected chi connectivity index (χ1v) is 7.22. The van der Waals surface area contributed by atoms with E-state index in [9.17, 15) is 0 Å². The minimum absolute atomic E-state index is 0.478. The number of aromatic nitrogens is 4. The van der Waals surface area contributed by atoms with E-state index < -0.39 is 0 Å². The topological polar surface area (TPSA) is 60.0 Å². The van der Waals surface area contributed by atoms with Crippen molar-refractivity contribution in [3.8, 4) is 0 Å². The lowest BCUT2D eigenvalue weighted by Gasteiger charge is -2.38. The summed E-state index contributed by atoms with van der Waals surface area (Å²) in [5.41, 5.74) is 2.32. The summed E-state index contributed by atoms with van der Waals surface area (Å²) in [4.78, 5) is 6.72. The Kier molecular flexibility index (Phi) is 3.56. The average Bonchev–Trinajstić information content (AvgIpc) is 2.91. The largest absolute Gasteiger partial charge is 0.339 e. The number of likely N-dealkylation sites (tertiary alicyclic amines) is 1. The molecule has 3 rings (SSSR count). The molecule has 1 aliphatic rings. The molecule has 1 fully saturated rings. The van der Waals surface area contributed by atoms with Crippen LogP contribution in [0.3, 0.4) is 0 Å². The fourth-order valence-electron chi connectivity index (χ4n) is 2.71. The maximum absolute atomic E-state index is 5.20. The quantitative estimate of drug-likeness (QED) is 0.834. The van der Waals surface area contributed by atoms with Gasteiger partial charge in [-0.25, -0.2) is 0 Å². The molecular formula is C14H21N5O. The van der Waals surface area contributed by atoms with Gasteiger partial charge in [-0.15, -0.1) is 0 Å². The maximum atomic E-state index is 5.20. The van der Waals surface area contributed by atoms with Crippen LogP contribution in [0.5, 0.6) is 0 Å². The van der Waals surface area contributed by atoms with Gasteiger partial charge in [0.15, 0.2) is 5.82 Å². The van der Waals surface area contributed by atoms with Gasteiger partial charge in [0.05, 0.1) is 18.3 Å². The van der Waals surface area contributed by atoms with Crippen molar-refractivity contribution in [3.63, 3.8) is 0 Å². The second-order valence-corrected chi connectivity index (χ2v) is 5.57. The van der Waals surface area contributed by atoms with E-state index >= 15 is 0 Å². The third-order valence-corrected chi connectivity index (χ3v) is 3.67. The third-order valence-electron chi connectivity index (χ3n) is 3.67. The molecule has 3 heterocycles. The maximum Gasteiger partial charge on any atom is 0.226 e. The van der Waals surface area contributed by atoms with Crippen LogP contribution in [0.25, 0.3) is 0 Å². The zero-order valence-electron chi connectivity index (χ0n) is 12.3. The van der Waals surface area contributed by atoms with Gasteiger partial charge in [-0.3, -0.25) is 9.58 Å². The Labute approximate surface area is 118 Å². The molecule has 108 valence electrons. The summed E-state index contributed by atoms with van der Waals surface area (Å²) in [7, 11) is 0. The smallest absolute Gasteiger partial charge is 0.226 e. The first-order valence-electron chi connectivity index (χ1n) is 7.22. The van der Waals surface area contributed by atoms with Gasteiger partial charge in [-0.05, 0) is 26.3 Å². The number of nitrogens with zero attached hydrogens (tertiary/aromatic N) is 5. The van der Waals surface area contributed by atoms with Crippen LogP contribution >= 0.6 is 0 Å². The van der Waals surface area contributed by atoms with E-state index in [1.54, 1.807) is 0 Å². The first kappa shape index (κ1) is 13.3. The molecular weight excluding hydrogens is 254 g/mol. The van der Waals surface area contributed by atoms with E-state index in [2.05, 4.69) is 44.7 Å². The third kappa shape index (κ3) is 2.60. The molecule has 2 aromatic rings. The molecule has 0 bridgehead atoms. The normalized spacial score (nSPS) is 16.6. The van der Waals surface area contributed by atoms with Gasteiger partial charge in [0.1, 0.15) is 0 Å². The summed E-state index contributed by atoms with van der Waals surface area (Å²) in [6.45, 7) is 9.02. The predicted molar refractivity (Wildman–Crippen MR) is 74.3 cm³/mol. The average molecular weight is 275 g/mol. The van der Waals surface area contributed by atoms with Crippen molar-refractivity contribution in [3.05, 3.63) is 29.2 Å². The van der Waals surface area contributed by atoms with Crippen LogP contribution in [0.15, 0.2) is 10.6 Å². The summed E-state index contributed by atoms with van der Waals surface area (Å²) in [5, 5.41) is 8.57. The minimum atomic E-state index is 0.478. The van der Waals surface area contributed by atoms with Crippen LogP contribution in [0.2, 0.25) is 0 Å². The molecule has 0 amide bonds. The van der Waals surface area contributed by atoms with Gasteiger partial charge >= 0.3 is 0 Å². The van der Waals surface area contributed by atoms with Crippen LogP contribution in [-0.4, -0.2) is 37.9 Å². The fraction of sp³-hybridized carbons (Fsp3) is 0.643. The van der Waals surface area contributed by atoms with Crippen molar-refractivity contribution < 1.29 is 4.52 Å². The molecule has 6 heteroatoms. The van der Waals surface area contributed by atoms with Crippen LogP contribution < -0.4 is 0 Å². The number of hydrogen-bond acceptors (Lipinski definition) is 5. The molecule has 1 aliphatic heterocycles. The van der Waals surface area contributed by atoms with Crippen LogP contribution in [0.1, 0.15) is 42.5 Å². The summed E-state index contributed by atoms with van der Waals surface area (Å²) < 4.78 is 7.33. The zero-order valence-corrected chi connectivity index (χ0v) is 12.3. The van der Waals surface area contributed by atoms with E-state index in [4.69, 9.17) is 4.52 Å². The van der Waals surface area contributed by atoms with Crippen molar-refractivity contribution in [2.75, 3.05) is 13.1 Å². The van der Waals surface area contributed by atoms with Gasteiger partial charge in [0.25, 0.3) is 0 Å². The zero-order chi connectivity index (χ0) is 14.1. The molecule has 0 aromatic carbocycles. The second kappa shape index (κ2) is 5.36. The molecule has 0 saturated carbocycles. The summed E-state index contributed by atoms with van der Waals surface area (Å²) in [6, 6.07) is 2.60. The second-order valence-electron chi connectivity index (χ2n) is 5.57. The Morgan fingerprint density at radius 2 is 2.15 bits per heavy atom. The summed E-state index contributed by atoms with van der Waals surface area (Å²) in [5.74, 6) is 1.54. The molecule has 0 spiro atoms. The Morgan fingerprint density at radius 3 is 2.80 bits per heavy atom. The molecule has 0 aliphatic carbocycles. The Morgan fingerprint density at radius 1 is 1.35 bits per heavy atom. The van der Waals surface area contributed by atoms with Gasteiger partial charge in [-0.2, -0.15) is 10.1 Å². The number of rotatable bonds is 5. The van der Waals surface area contributed by atoms with Crippen LogP contribution in [0, 0.1) is 13.8 Å². The lowest BCUT2D eigenvalue weighted by Crippen LogP contribution is -2.47. The van der Waals surface area contributed by atoms with Gasteiger partial charge in [0, 0.05) is 25.2 Å². The van der Waals surface area contributed by atoms with Gasteiger partial charge < -0.3 is 4.52 Å². The van der Waals surface area contributed by atoms with Gasteiger partial charge in [0.2, 0.25) is 5.89 Å². The summed E-state index contributed by atoms with van der Waals surface area (Å²) in [6.07, 6.45) is 1.90. The Bertz CT molecular complexity index is 582.